The van der Waals surface area contributed by atoms with Crippen LogP contribution in [0.5, 0.6) is 0 Å². The van der Waals surface area contributed by atoms with Gasteiger partial charge < -0.3 is 10.4 Å². The van der Waals surface area contributed by atoms with E-state index in [0.717, 1.165) is 32.1 Å². The summed E-state index contributed by atoms with van der Waals surface area (Å²) < 4.78 is 0. The summed E-state index contributed by atoms with van der Waals surface area (Å²) >= 11 is 0. The molecule has 0 bridgehead atoms. The van der Waals surface area contributed by atoms with Crippen molar-refractivity contribution < 1.29 is 14.7 Å². The van der Waals surface area contributed by atoms with Crippen molar-refractivity contribution in [3.63, 3.8) is 0 Å². The Balaban J connectivity index is 2.56. The second-order valence-corrected chi connectivity index (χ2v) is 5.85. The fourth-order valence-corrected chi connectivity index (χ4v) is 2.97. The molecule has 1 rings (SSSR count). The number of carboxylic acid groups (broad SMARTS) is 1. The van der Waals surface area contributed by atoms with E-state index in [9.17, 15) is 14.7 Å². The van der Waals surface area contributed by atoms with E-state index in [-0.39, 0.29) is 17.9 Å². The van der Waals surface area contributed by atoms with Crippen molar-refractivity contribution in [3.05, 3.63) is 0 Å². The second kappa shape index (κ2) is 7.51. The molecule has 0 radical (unpaired) electrons. The minimum Gasteiger partial charge on any atom is -0.481 e. The average molecular weight is 269 g/mol. The van der Waals surface area contributed by atoms with Gasteiger partial charge in [0.25, 0.3) is 0 Å². The van der Waals surface area contributed by atoms with Gasteiger partial charge in [0.05, 0.1) is 11.8 Å². The molecule has 0 saturated heterocycles. The van der Waals surface area contributed by atoms with E-state index in [2.05, 4.69) is 19.2 Å². The molecule has 1 fully saturated rings. The van der Waals surface area contributed by atoms with Crippen LogP contribution >= 0.6 is 0 Å². The van der Waals surface area contributed by atoms with Crippen LogP contribution in [0.15, 0.2) is 0 Å². The maximum Gasteiger partial charge on any atom is 0.307 e. The number of amides is 1. The maximum atomic E-state index is 12.2. The van der Waals surface area contributed by atoms with Crippen molar-refractivity contribution in [1.82, 2.24) is 5.32 Å². The third-order valence-corrected chi connectivity index (χ3v) is 4.27. The summed E-state index contributed by atoms with van der Waals surface area (Å²) in [5.74, 6) is -1.35. The summed E-state index contributed by atoms with van der Waals surface area (Å²) in [5.41, 5.74) is 0. The third kappa shape index (κ3) is 4.51. The number of aliphatic carboxylic acids is 1. The van der Waals surface area contributed by atoms with Crippen molar-refractivity contribution in [2.75, 3.05) is 0 Å². The maximum absolute atomic E-state index is 12.2. The van der Waals surface area contributed by atoms with E-state index in [1.54, 1.807) is 0 Å². The van der Waals surface area contributed by atoms with E-state index < -0.39 is 11.9 Å². The topological polar surface area (TPSA) is 66.4 Å². The molecule has 0 spiro atoms. The lowest BCUT2D eigenvalue weighted by Gasteiger charge is -2.19. The van der Waals surface area contributed by atoms with Crippen LogP contribution in [0.25, 0.3) is 0 Å². The lowest BCUT2D eigenvalue weighted by molar-refractivity contribution is -0.146. The Hall–Kier alpha value is -1.06. The van der Waals surface area contributed by atoms with E-state index in [0.29, 0.717) is 12.3 Å². The highest BCUT2D eigenvalue weighted by Crippen LogP contribution is 2.38. The van der Waals surface area contributed by atoms with Crippen LogP contribution < -0.4 is 5.32 Å². The molecule has 1 aliphatic rings. The highest BCUT2D eigenvalue weighted by atomic mass is 16.4. The van der Waals surface area contributed by atoms with Gasteiger partial charge in [-0.2, -0.15) is 0 Å². The van der Waals surface area contributed by atoms with Gasteiger partial charge in [-0.05, 0) is 32.1 Å². The summed E-state index contributed by atoms with van der Waals surface area (Å²) in [6.45, 7) is 6.18. The fraction of sp³-hybridized carbons (Fsp3) is 0.867. The van der Waals surface area contributed by atoms with Gasteiger partial charge in [0.15, 0.2) is 0 Å². The number of unbranched alkanes of at least 4 members (excludes halogenated alkanes) is 1. The molecule has 1 saturated carbocycles. The summed E-state index contributed by atoms with van der Waals surface area (Å²) in [4.78, 5) is 23.5. The first-order valence-electron chi connectivity index (χ1n) is 7.52. The van der Waals surface area contributed by atoms with Gasteiger partial charge in [0, 0.05) is 6.04 Å². The van der Waals surface area contributed by atoms with Crippen LogP contribution in [0.2, 0.25) is 0 Å². The van der Waals surface area contributed by atoms with Gasteiger partial charge in [-0.15, -0.1) is 0 Å². The lowest BCUT2D eigenvalue weighted by atomic mass is 9.95. The van der Waals surface area contributed by atoms with Crippen LogP contribution in [0.3, 0.4) is 0 Å². The minimum atomic E-state index is -0.822. The lowest BCUT2D eigenvalue weighted by Crippen LogP contribution is -2.40. The molecule has 4 nitrogen and oxygen atoms in total. The molecule has 110 valence electrons. The Bertz CT molecular complexity index is 317. The average Bonchev–Trinajstić information content (AvgIpc) is 2.80. The molecule has 0 aliphatic heterocycles. The van der Waals surface area contributed by atoms with Crippen LogP contribution in [-0.2, 0) is 9.59 Å². The van der Waals surface area contributed by atoms with Crippen LogP contribution in [0.4, 0.5) is 0 Å². The number of hydrogen-bond acceptors (Lipinski definition) is 2. The van der Waals surface area contributed by atoms with Gasteiger partial charge in [-0.3, -0.25) is 9.59 Å². The minimum absolute atomic E-state index is 0.0630. The van der Waals surface area contributed by atoms with E-state index in [1.165, 1.54) is 0 Å². The van der Waals surface area contributed by atoms with Crippen LogP contribution in [0, 0.1) is 17.8 Å². The van der Waals surface area contributed by atoms with Crippen molar-refractivity contribution in [1.29, 1.82) is 0 Å². The molecule has 0 aromatic carbocycles. The standard InChI is InChI=1S/C15H27NO3/c1-4-6-7-10(3)16-14(17)12-8-11(5-2)9-13(12)15(18)19/h10-13H,4-9H2,1-3H3,(H,16,17)(H,18,19)/t10?,11?,12-,13+/m0/s1. The molecule has 0 aromatic rings. The van der Waals surface area contributed by atoms with Crippen LogP contribution in [-0.4, -0.2) is 23.0 Å². The summed E-state index contributed by atoms with van der Waals surface area (Å²) in [5, 5.41) is 12.2. The van der Waals surface area contributed by atoms with Gasteiger partial charge in [-0.1, -0.05) is 33.1 Å². The van der Waals surface area contributed by atoms with Crippen molar-refractivity contribution in [2.24, 2.45) is 17.8 Å². The first-order valence-corrected chi connectivity index (χ1v) is 7.52. The molecular formula is C15H27NO3. The zero-order valence-electron chi connectivity index (χ0n) is 12.3. The molecule has 19 heavy (non-hydrogen) atoms. The van der Waals surface area contributed by atoms with E-state index in [1.807, 2.05) is 6.92 Å². The predicted molar refractivity (Wildman–Crippen MR) is 74.8 cm³/mol. The van der Waals surface area contributed by atoms with Gasteiger partial charge in [0.1, 0.15) is 0 Å². The summed E-state index contributed by atoms with van der Waals surface area (Å²) in [6, 6.07) is 0.141. The summed E-state index contributed by atoms with van der Waals surface area (Å²) in [7, 11) is 0. The van der Waals surface area contributed by atoms with E-state index >= 15 is 0 Å². The van der Waals surface area contributed by atoms with Crippen molar-refractivity contribution in [3.8, 4) is 0 Å². The molecule has 1 aliphatic carbocycles. The quantitative estimate of drug-likeness (QED) is 0.747. The molecule has 0 aromatic heterocycles. The third-order valence-electron chi connectivity index (χ3n) is 4.27. The van der Waals surface area contributed by atoms with Gasteiger partial charge >= 0.3 is 5.97 Å². The number of hydrogen-bond donors (Lipinski definition) is 2. The number of carbonyl (C=O) groups is 2. The molecule has 4 atom stereocenters. The Morgan fingerprint density at radius 2 is 1.89 bits per heavy atom. The van der Waals surface area contributed by atoms with Crippen molar-refractivity contribution in [2.45, 2.75) is 65.3 Å². The largest absolute Gasteiger partial charge is 0.481 e. The summed E-state index contributed by atoms with van der Waals surface area (Å²) in [6.07, 6.45) is 5.49. The normalized spacial score (nSPS) is 28.1. The predicted octanol–water partition coefficient (Wildman–Crippen LogP) is 2.82. The smallest absolute Gasteiger partial charge is 0.307 e. The van der Waals surface area contributed by atoms with Gasteiger partial charge in [-0.25, -0.2) is 0 Å². The highest BCUT2D eigenvalue weighted by Gasteiger charge is 2.42. The van der Waals surface area contributed by atoms with Crippen molar-refractivity contribution >= 4 is 11.9 Å². The first kappa shape index (κ1) is 16.0. The number of rotatable bonds is 7. The molecular weight excluding hydrogens is 242 g/mol. The number of nitrogens with one attached hydrogen (secondary N) is 1. The zero-order chi connectivity index (χ0) is 14.4. The highest BCUT2D eigenvalue weighted by molar-refractivity contribution is 5.85. The monoisotopic (exact) mass is 269 g/mol. The Kier molecular flexibility index (Phi) is 6.32. The fourth-order valence-electron chi connectivity index (χ4n) is 2.97. The Morgan fingerprint density at radius 1 is 1.26 bits per heavy atom. The van der Waals surface area contributed by atoms with Gasteiger partial charge in [0.2, 0.25) is 5.91 Å². The molecule has 4 heteroatoms. The molecule has 2 unspecified atom stereocenters. The second-order valence-electron chi connectivity index (χ2n) is 5.85. The number of carbonyl (C=O) groups excluding carboxylic acids is 1. The molecule has 2 N–H and O–H groups in total. The van der Waals surface area contributed by atoms with E-state index in [4.69, 9.17) is 0 Å². The zero-order valence-corrected chi connectivity index (χ0v) is 12.3. The van der Waals surface area contributed by atoms with Crippen LogP contribution in [0.1, 0.15) is 59.3 Å². The molecule has 0 heterocycles. The Morgan fingerprint density at radius 3 is 2.42 bits per heavy atom. The first-order chi connectivity index (χ1) is 8.99. The Labute approximate surface area is 116 Å². The SMILES string of the molecule is CCCCC(C)NC(=O)[C@H]1CC(CC)C[C@H]1C(=O)O. The molecule has 1 amide bonds. The number of carboxylic acids is 1.